The molecule has 1 unspecified atom stereocenters. The maximum Gasteiger partial charge on any atom is 0.321 e. The summed E-state index contributed by atoms with van der Waals surface area (Å²) in [5.74, 6) is -0.789. The minimum atomic E-state index is -0.789. The summed E-state index contributed by atoms with van der Waals surface area (Å²) < 4.78 is 0. The van der Waals surface area contributed by atoms with E-state index in [1.165, 1.54) is 11.1 Å². The van der Waals surface area contributed by atoms with E-state index in [9.17, 15) is 9.90 Å². The Morgan fingerprint density at radius 3 is 2.62 bits per heavy atom. The van der Waals surface area contributed by atoms with Crippen LogP contribution in [0.15, 0.2) is 54.6 Å². The zero-order valence-corrected chi connectivity index (χ0v) is 11.8. The van der Waals surface area contributed by atoms with Crippen LogP contribution < -0.4 is 5.32 Å². The van der Waals surface area contributed by atoms with E-state index >= 15 is 0 Å². The van der Waals surface area contributed by atoms with Gasteiger partial charge in [-0.2, -0.15) is 0 Å². The van der Waals surface area contributed by atoms with Crippen molar-refractivity contribution in [1.29, 1.82) is 0 Å². The van der Waals surface area contributed by atoms with Crippen molar-refractivity contribution in [3.8, 4) is 0 Å². The van der Waals surface area contributed by atoms with Crippen LogP contribution in [0, 0.1) is 0 Å². The van der Waals surface area contributed by atoms with Crippen molar-refractivity contribution >= 4 is 5.97 Å². The van der Waals surface area contributed by atoms with Crippen LogP contribution in [0.3, 0.4) is 0 Å². The summed E-state index contributed by atoms with van der Waals surface area (Å²) in [6.07, 6.45) is 2.50. The largest absolute Gasteiger partial charge is 0.480 e. The fourth-order valence-corrected chi connectivity index (χ4v) is 3.04. The van der Waals surface area contributed by atoms with Crippen molar-refractivity contribution in [2.75, 3.05) is 0 Å². The Labute approximate surface area is 124 Å². The number of carbonyl (C=O) groups is 1. The second-order valence-corrected chi connectivity index (χ2v) is 5.54. The van der Waals surface area contributed by atoms with Gasteiger partial charge in [-0.3, -0.25) is 10.1 Å². The number of carboxylic acid groups (broad SMARTS) is 1. The van der Waals surface area contributed by atoms with Gasteiger partial charge >= 0.3 is 5.97 Å². The van der Waals surface area contributed by atoms with Gasteiger partial charge in [0.15, 0.2) is 0 Å². The Hall–Kier alpha value is -2.13. The predicted octanol–water partition coefficient (Wildman–Crippen LogP) is 2.96. The van der Waals surface area contributed by atoms with Crippen LogP contribution in [0.1, 0.15) is 29.2 Å². The summed E-state index contributed by atoms with van der Waals surface area (Å²) in [6.45, 7) is 0. The molecule has 21 heavy (non-hydrogen) atoms. The van der Waals surface area contributed by atoms with Crippen LogP contribution in [0.5, 0.6) is 0 Å². The molecule has 0 heterocycles. The maximum atomic E-state index is 11.5. The number of fused-ring (bicyclic) bond motifs is 1. The van der Waals surface area contributed by atoms with Crippen LogP contribution in [-0.4, -0.2) is 17.1 Å². The lowest BCUT2D eigenvalue weighted by Gasteiger charge is -2.20. The second-order valence-electron chi connectivity index (χ2n) is 5.54. The first-order valence-corrected chi connectivity index (χ1v) is 7.34. The Kier molecular flexibility index (Phi) is 4.02. The van der Waals surface area contributed by atoms with Crippen LogP contribution in [0.25, 0.3) is 0 Å². The van der Waals surface area contributed by atoms with Gasteiger partial charge in [-0.25, -0.2) is 0 Å². The molecule has 108 valence electrons. The van der Waals surface area contributed by atoms with Gasteiger partial charge in [-0.05, 0) is 36.0 Å². The first kappa shape index (κ1) is 13.8. The molecule has 0 saturated carbocycles. The Morgan fingerprint density at radius 1 is 1.14 bits per heavy atom. The SMILES string of the molecule is O=C(O)[C@H](Cc1ccccc1)NC1CCc2ccccc21. The second kappa shape index (κ2) is 6.10. The van der Waals surface area contributed by atoms with Crippen molar-refractivity contribution in [2.45, 2.75) is 31.3 Å². The monoisotopic (exact) mass is 281 g/mol. The molecule has 3 heteroatoms. The lowest BCUT2D eigenvalue weighted by atomic mass is 10.0. The normalized spacial score (nSPS) is 18.2. The third kappa shape index (κ3) is 3.14. The number of carboxylic acids is 1. The van der Waals surface area contributed by atoms with E-state index in [0.29, 0.717) is 6.42 Å². The highest BCUT2D eigenvalue weighted by atomic mass is 16.4. The molecule has 0 saturated heterocycles. The van der Waals surface area contributed by atoms with E-state index in [1.807, 2.05) is 42.5 Å². The molecule has 1 aliphatic carbocycles. The summed E-state index contributed by atoms with van der Waals surface area (Å²) in [7, 11) is 0. The van der Waals surface area contributed by atoms with Crippen molar-refractivity contribution in [3.63, 3.8) is 0 Å². The van der Waals surface area contributed by atoms with Crippen LogP contribution in [0.4, 0.5) is 0 Å². The topological polar surface area (TPSA) is 49.3 Å². The van der Waals surface area contributed by atoms with Crippen LogP contribution >= 0.6 is 0 Å². The standard InChI is InChI=1S/C18H19NO2/c20-18(21)17(12-13-6-2-1-3-7-13)19-16-11-10-14-8-4-5-9-15(14)16/h1-9,16-17,19H,10-12H2,(H,20,21)/t16?,17-/m0/s1. The minimum Gasteiger partial charge on any atom is -0.480 e. The van der Waals surface area contributed by atoms with E-state index in [4.69, 9.17) is 0 Å². The fourth-order valence-electron chi connectivity index (χ4n) is 3.04. The van der Waals surface area contributed by atoms with Crippen LogP contribution in [-0.2, 0) is 17.6 Å². The van der Waals surface area contributed by atoms with Gasteiger partial charge in [0, 0.05) is 6.04 Å². The molecule has 1 aliphatic rings. The molecule has 3 nitrogen and oxygen atoms in total. The molecule has 0 bridgehead atoms. The summed E-state index contributed by atoms with van der Waals surface area (Å²) in [4.78, 5) is 11.5. The lowest BCUT2D eigenvalue weighted by molar-refractivity contribution is -0.139. The molecule has 0 amide bonds. The van der Waals surface area contributed by atoms with Gasteiger partial charge in [0.05, 0.1) is 0 Å². The summed E-state index contributed by atoms with van der Waals surface area (Å²) in [5.41, 5.74) is 3.62. The molecule has 2 aromatic carbocycles. The quantitative estimate of drug-likeness (QED) is 0.886. The molecule has 2 aromatic rings. The zero-order chi connectivity index (χ0) is 14.7. The van der Waals surface area contributed by atoms with Crippen molar-refractivity contribution in [3.05, 3.63) is 71.3 Å². The third-order valence-corrected chi connectivity index (χ3v) is 4.12. The average Bonchev–Trinajstić information content (AvgIpc) is 2.91. The number of rotatable bonds is 5. The Balaban J connectivity index is 1.73. The van der Waals surface area contributed by atoms with Crippen LogP contribution in [0.2, 0.25) is 0 Å². The minimum absolute atomic E-state index is 0.144. The Bertz CT molecular complexity index is 624. The fraction of sp³-hybridized carbons (Fsp3) is 0.278. The number of aryl methyl sites for hydroxylation is 1. The summed E-state index contributed by atoms with van der Waals surface area (Å²) in [5, 5.41) is 12.8. The molecular weight excluding hydrogens is 262 g/mol. The highest BCUT2D eigenvalue weighted by Gasteiger charge is 2.27. The molecule has 2 atom stereocenters. The molecule has 0 radical (unpaired) electrons. The summed E-state index contributed by atoms with van der Waals surface area (Å²) in [6, 6.07) is 17.7. The molecule has 0 aromatic heterocycles. The van der Waals surface area contributed by atoms with E-state index in [2.05, 4.69) is 17.4 Å². The van der Waals surface area contributed by atoms with Gasteiger partial charge in [0.25, 0.3) is 0 Å². The van der Waals surface area contributed by atoms with Crippen molar-refractivity contribution in [1.82, 2.24) is 5.32 Å². The number of benzene rings is 2. The molecule has 0 fully saturated rings. The Morgan fingerprint density at radius 2 is 1.86 bits per heavy atom. The zero-order valence-electron chi connectivity index (χ0n) is 11.8. The molecule has 2 N–H and O–H groups in total. The van der Waals surface area contributed by atoms with E-state index in [1.54, 1.807) is 0 Å². The number of nitrogens with one attached hydrogen (secondary N) is 1. The van der Waals surface area contributed by atoms with E-state index in [0.717, 1.165) is 18.4 Å². The number of aliphatic carboxylic acids is 1. The first-order valence-electron chi connectivity index (χ1n) is 7.34. The first-order chi connectivity index (χ1) is 10.2. The molecular formula is C18H19NO2. The van der Waals surface area contributed by atoms with Crippen molar-refractivity contribution in [2.24, 2.45) is 0 Å². The van der Waals surface area contributed by atoms with Gasteiger partial charge in [-0.15, -0.1) is 0 Å². The lowest BCUT2D eigenvalue weighted by Crippen LogP contribution is -2.40. The van der Waals surface area contributed by atoms with Crippen molar-refractivity contribution < 1.29 is 9.90 Å². The highest BCUT2D eigenvalue weighted by molar-refractivity contribution is 5.74. The third-order valence-electron chi connectivity index (χ3n) is 4.12. The smallest absolute Gasteiger partial charge is 0.321 e. The van der Waals surface area contributed by atoms with E-state index < -0.39 is 12.0 Å². The average molecular weight is 281 g/mol. The molecule has 0 spiro atoms. The number of hydrogen-bond acceptors (Lipinski definition) is 2. The maximum absolute atomic E-state index is 11.5. The van der Waals surface area contributed by atoms with E-state index in [-0.39, 0.29) is 6.04 Å². The molecule has 0 aliphatic heterocycles. The number of hydrogen-bond donors (Lipinski definition) is 2. The molecule has 3 rings (SSSR count). The van der Waals surface area contributed by atoms with Gasteiger partial charge in [0.1, 0.15) is 6.04 Å². The highest BCUT2D eigenvalue weighted by Crippen LogP contribution is 2.31. The predicted molar refractivity (Wildman–Crippen MR) is 82.2 cm³/mol. The van der Waals surface area contributed by atoms with Gasteiger partial charge in [-0.1, -0.05) is 54.6 Å². The summed E-state index contributed by atoms with van der Waals surface area (Å²) >= 11 is 0. The van der Waals surface area contributed by atoms with Gasteiger partial charge in [0.2, 0.25) is 0 Å². The van der Waals surface area contributed by atoms with Gasteiger partial charge < -0.3 is 5.11 Å².